The van der Waals surface area contributed by atoms with Crippen LogP contribution in [0.4, 0.5) is 8.78 Å². The monoisotopic (exact) mass is 250 g/mol. The molecule has 0 amide bonds. The lowest BCUT2D eigenvalue weighted by Gasteiger charge is -2.05. The Hall–Kier alpha value is -2.43. The molecule has 2 aromatic carbocycles. The maximum atomic E-state index is 13.2. The minimum Gasteiger partial charge on any atom is -0.505 e. The zero-order valence-electron chi connectivity index (χ0n) is 9.02. The number of benzene rings is 2. The van der Waals surface area contributed by atoms with Crippen LogP contribution >= 0.6 is 0 Å². The van der Waals surface area contributed by atoms with E-state index in [4.69, 9.17) is 10.2 Å². The van der Waals surface area contributed by atoms with Gasteiger partial charge in [0, 0.05) is 0 Å². The molecule has 0 atom stereocenters. The Balaban J connectivity index is 2.56. The number of phenolic OH excluding ortho intramolecular Hbond substituents is 1. The molecule has 2 aromatic rings. The molecular weight excluding hydrogens is 242 g/mol. The topological polar surface area (TPSA) is 57.5 Å². The molecule has 0 aliphatic heterocycles. The van der Waals surface area contributed by atoms with E-state index in [1.165, 1.54) is 12.1 Å². The first-order valence-corrected chi connectivity index (χ1v) is 5.00. The van der Waals surface area contributed by atoms with Gasteiger partial charge in [-0.1, -0.05) is 6.07 Å². The lowest BCUT2D eigenvalue weighted by molar-refractivity contribution is 0.0696. The summed E-state index contributed by atoms with van der Waals surface area (Å²) in [7, 11) is 0. The van der Waals surface area contributed by atoms with Gasteiger partial charge in [0.2, 0.25) is 0 Å². The molecule has 2 N–H and O–H groups in total. The van der Waals surface area contributed by atoms with Crippen molar-refractivity contribution in [3.05, 3.63) is 53.6 Å². The molecule has 0 saturated carbocycles. The predicted molar refractivity (Wildman–Crippen MR) is 60.4 cm³/mol. The summed E-state index contributed by atoms with van der Waals surface area (Å²) in [5.41, 5.74) is 0.289. The third-order valence-corrected chi connectivity index (χ3v) is 2.43. The summed E-state index contributed by atoms with van der Waals surface area (Å²) < 4.78 is 26.4. The van der Waals surface area contributed by atoms with Gasteiger partial charge in [0.25, 0.3) is 0 Å². The molecule has 0 fully saturated rings. The van der Waals surface area contributed by atoms with Gasteiger partial charge in [-0.3, -0.25) is 0 Å². The van der Waals surface area contributed by atoms with Crippen LogP contribution in [0.5, 0.6) is 5.75 Å². The fourth-order valence-corrected chi connectivity index (χ4v) is 1.57. The van der Waals surface area contributed by atoms with Gasteiger partial charge in [-0.05, 0) is 41.5 Å². The van der Waals surface area contributed by atoms with Crippen molar-refractivity contribution in [1.82, 2.24) is 0 Å². The zero-order chi connectivity index (χ0) is 13.3. The summed E-state index contributed by atoms with van der Waals surface area (Å²) >= 11 is 0. The van der Waals surface area contributed by atoms with Crippen LogP contribution < -0.4 is 0 Å². The van der Waals surface area contributed by atoms with E-state index in [-0.39, 0.29) is 16.7 Å². The largest absolute Gasteiger partial charge is 0.505 e. The fourth-order valence-electron chi connectivity index (χ4n) is 1.57. The van der Waals surface area contributed by atoms with E-state index in [1.54, 1.807) is 0 Å². The van der Waals surface area contributed by atoms with Crippen LogP contribution in [-0.2, 0) is 0 Å². The third kappa shape index (κ3) is 2.29. The molecule has 0 saturated heterocycles. The maximum absolute atomic E-state index is 13.2. The molecule has 0 heterocycles. The molecule has 0 bridgehead atoms. The van der Waals surface area contributed by atoms with Gasteiger partial charge in [0.1, 0.15) is 5.82 Å². The first-order chi connectivity index (χ1) is 8.47. The summed E-state index contributed by atoms with van der Waals surface area (Å²) in [5, 5.41) is 17.8. The number of carboxylic acids is 1. The highest BCUT2D eigenvalue weighted by molar-refractivity contribution is 5.89. The van der Waals surface area contributed by atoms with Crippen LogP contribution in [0, 0.1) is 11.6 Å². The Bertz CT molecular complexity index is 624. The van der Waals surface area contributed by atoms with E-state index < -0.39 is 23.4 Å². The first kappa shape index (κ1) is 12.0. The second-order valence-electron chi connectivity index (χ2n) is 3.70. The molecule has 5 heteroatoms. The molecule has 18 heavy (non-hydrogen) atoms. The van der Waals surface area contributed by atoms with Crippen LogP contribution in [0.3, 0.4) is 0 Å². The summed E-state index contributed by atoms with van der Waals surface area (Å²) in [5.74, 6) is -3.37. The number of rotatable bonds is 2. The van der Waals surface area contributed by atoms with Crippen LogP contribution in [0.15, 0.2) is 36.4 Å². The van der Waals surface area contributed by atoms with Crippen LogP contribution in [-0.4, -0.2) is 16.2 Å². The number of halogens is 2. The van der Waals surface area contributed by atoms with E-state index in [1.807, 2.05) is 0 Å². The van der Waals surface area contributed by atoms with Gasteiger partial charge in [-0.2, -0.15) is 0 Å². The second kappa shape index (κ2) is 4.44. The highest BCUT2D eigenvalue weighted by Gasteiger charge is 2.10. The van der Waals surface area contributed by atoms with Crippen molar-refractivity contribution in [1.29, 1.82) is 0 Å². The van der Waals surface area contributed by atoms with Crippen molar-refractivity contribution in [2.24, 2.45) is 0 Å². The SMILES string of the molecule is O=C(O)c1cc(F)cc(-c2ccc(O)c(F)c2)c1. The van der Waals surface area contributed by atoms with E-state index in [9.17, 15) is 13.6 Å². The van der Waals surface area contributed by atoms with Crippen LogP contribution in [0.25, 0.3) is 11.1 Å². The standard InChI is InChI=1S/C13H8F2O3/c14-10-4-8(3-9(5-10)13(17)18)7-1-2-12(16)11(15)6-7/h1-6,16H,(H,17,18). The number of hydrogen-bond donors (Lipinski definition) is 2. The average Bonchev–Trinajstić information content (AvgIpc) is 2.31. The Morgan fingerprint density at radius 2 is 1.72 bits per heavy atom. The van der Waals surface area contributed by atoms with E-state index in [2.05, 4.69) is 0 Å². The smallest absolute Gasteiger partial charge is 0.335 e. The molecule has 3 nitrogen and oxygen atoms in total. The van der Waals surface area contributed by atoms with Crippen molar-refractivity contribution < 1.29 is 23.8 Å². The third-order valence-electron chi connectivity index (χ3n) is 2.43. The van der Waals surface area contributed by atoms with Crippen LogP contribution in [0.2, 0.25) is 0 Å². The lowest BCUT2D eigenvalue weighted by atomic mass is 10.0. The number of carboxylic acid groups (broad SMARTS) is 1. The first-order valence-electron chi connectivity index (χ1n) is 5.00. The van der Waals surface area contributed by atoms with Crippen molar-refractivity contribution >= 4 is 5.97 Å². The second-order valence-corrected chi connectivity index (χ2v) is 3.70. The van der Waals surface area contributed by atoms with Gasteiger partial charge in [-0.15, -0.1) is 0 Å². The quantitative estimate of drug-likeness (QED) is 0.861. The van der Waals surface area contributed by atoms with E-state index in [0.29, 0.717) is 0 Å². The average molecular weight is 250 g/mol. The van der Waals surface area contributed by atoms with Gasteiger partial charge in [-0.25, -0.2) is 13.6 Å². The minimum absolute atomic E-state index is 0.224. The number of aromatic carboxylic acids is 1. The predicted octanol–water partition coefficient (Wildman–Crippen LogP) is 3.04. The summed E-state index contributed by atoms with van der Waals surface area (Å²) in [6.45, 7) is 0. The van der Waals surface area contributed by atoms with Gasteiger partial charge in [0.15, 0.2) is 11.6 Å². The normalized spacial score (nSPS) is 10.3. The number of carbonyl (C=O) groups is 1. The van der Waals surface area contributed by atoms with Gasteiger partial charge >= 0.3 is 5.97 Å². The van der Waals surface area contributed by atoms with Gasteiger partial charge in [0.05, 0.1) is 5.56 Å². The summed E-state index contributed by atoms with van der Waals surface area (Å²) in [6.07, 6.45) is 0. The Labute approximate surface area is 101 Å². The molecule has 0 unspecified atom stereocenters. The molecule has 0 radical (unpaired) electrons. The number of aromatic hydroxyl groups is 1. The lowest BCUT2D eigenvalue weighted by Crippen LogP contribution is -1.97. The molecule has 0 aliphatic rings. The zero-order valence-corrected chi connectivity index (χ0v) is 9.02. The fraction of sp³-hybridized carbons (Fsp3) is 0. The minimum atomic E-state index is -1.27. The summed E-state index contributed by atoms with van der Waals surface area (Å²) in [4.78, 5) is 10.8. The van der Waals surface area contributed by atoms with E-state index >= 15 is 0 Å². The molecule has 92 valence electrons. The molecule has 0 aliphatic carbocycles. The Morgan fingerprint density at radius 3 is 2.33 bits per heavy atom. The van der Waals surface area contributed by atoms with Crippen molar-refractivity contribution in [3.8, 4) is 16.9 Å². The maximum Gasteiger partial charge on any atom is 0.335 e. The highest BCUT2D eigenvalue weighted by atomic mass is 19.1. The molecule has 0 spiro atoms. The Kier molecular flexibility index (Phi) is 2.97. The molecular formula is C13H8F2O3. The summed E-state index contributed by atoms with van der Waals surface area (Å²) in [6, 6.07) is 6.71. The highest BCUT2D eigenvalue weighted by Crippen LogP contribution is 2.26. The van der Waals surface area contributed by atoms with Crippen molar-refractivity contribution in [3.63, 3.8) is 0 Å². The van der Waals surface area contributed by atoms with E-state index in [0.717, 1.165) is 24.3 Å². The number of phenols is 1. The van der Waals surface area contributed by atoms with Crippen molar-refractivity contribution in [2.45, 2.75) is 0 Å². The number of hydrogen-bond acceptors (Lipinski definition) is 2. The van der Waals surface area contributed by atoms with Gasteiger partial charge < -0.3 is 10.2 Å². The Morgan fingerprint density at radius 1 is 1.00 bits per heavy atom. The molecule has 0 aromatic heterocycles. The molecule has 2 rings (SSSR count). The van der Waals surface area contributed by atoms with Crippen LogP contribution in [0.1, 0.15) is 10.4 Å². The van der Waals surface area contributed by atoms with Crippen molar-refractivity contribution in [2.75, 3.05) is 0 Å².